The summed E-state index contributed by atoms with van der Waals surface area (Å²) >= 11 is 0. The van der Waals surface area contributed by atoms with Crippen LogP contribution in [-0.2, 0) is 0 Å². The number of nitro groups is 1. The van der Waals surface area contributed by atoms with Crippen LogP contribution in [0.2, 0.25) is 0 Å². The van der Waals surface area contributed by atoms with Crippen molar-refractivity contribution in [1.29, 1.82) is 5.41 Å². The van der Waals surface area contributed by atoms with Crippen molar-refractivity contribution in [3.63, 3.8) is 0 Å². The van der Waals surface area contributed by atoms with Crippen LogP contribution in [-0.4, -0.2) is 16.3 Å². The summed E-state index contributed by atoms with van der Waals surface area (Å²) in [6.07, 6.45) is 0. The Labute approximate surface area is 149 Å². The van der Waals surface area contributed by atoms with Crippen molar-refractivity contribution in [2.24, 2.45) is 4.99 Å². The van der Waals surface area contributed by atoms with Gasteiger partial charge < -0.3 is 4.74 Å². The van der Waals surface area contributed by atoms with Gasteiger partial charge in [0.25, 0.3) is 5.69 Å². The number of aliphatic imine (C=N–C) groups is 1. The highest BCUT2D eigenvalue weighted by atomic mass is 16.6. The van der Waals surface area contributed by atoms with E-state index in [0.29, 0.717) is 28.3 Å². The molecule has 1 aliphatic rings. The molecule has 0 aliphatic carbocycles. The van der Waals surface area contributed by atoms with Crippen molar-refractivity contribution in [1.82, 2.24) is 0 Å². The Kier molecular flexibility index (Phi) is 3.78. The van der Waals surface area contributed by atoms with Crippen molar-refractivity contribution < 1.29 is 9.66 Å². The van der Waals surface area contributed by atoms with Gasteiger partial charge in [-0.3, -0.25) is 15.5 Å². The largest absolute Gasteiger partial charge is 0.454 e. The summed E-state index contributed by atoms with van der Waals surface area (Å²) < 4.78 is 5.93. The molecule has 0 unspecified atom stereocenters. The molecule has 0 fully saturated rings. The molecule has 126 valence electrons. The van der Waals surface area contributed by atoms with Crippen molar-refractivity contribution in [3.05, 3.63) is 94.0 Å². The summed E-state index contributed by atoms with van der Waals surface area (Å²) in [5.74, 6) is 1.04. The molecular weight excluding hydrogens is 330 g/mol. The minimum absolute atomic E-state index is 0.0735. The zero-order valence-electron chi connectivity index (χ0n) is 13.5. The number of nitrogens with one attached hydrogen (secondary N) is 1. The zero-order valence-corrected chi connectivity index (χ0v) is 13.5. The zero-order chi connectivity index (χ0) is 18.1. The number of rotatable bonds is 2. The number of nitrogens with zero attached hydrogens (tertiary/aromatic N) is 2. The summed E-state index contributed by atoms with van der Waals surface area (Å²) in [6, 6.07) is 20.6. The molecule has 26 heavy (non-hydrogen) atoms. The molecule has 0 aromatic heterocycles. The monoisotopic (exact) mass is 343 g/mol. The number of para-hydroxylation sites is 4. The smallest absolute Gasteiger partial charge is 0.278 e. The number of ether oxygens (including phenoxy) is 1. The van der Waals surface area contributed by atoms with E-state index < -0.39 is 4.92 Å². The number of hydrogen-bond donors (Lipinski definition) is 1. The third kappa shape index (κ3) is 2.63. The predicted octanol–water partition coefficient (Wildman–Crippen LogP) is 4.89. The minimum atomic E-state index is -0.460. The topological polar surface area (TPSA) is 88.6 Å². The third-order valence-electron chi connectivity index (χ3n) is 4.07. The molecule has 6 nitrogen and oxygen atoms in total. The summed E-state index contributed by atoms with van der Waals surface area (Å²) in [5, 5.41) is 20.1. The second-order valence-corrected chi connectivity index (χ2v) is 5.68. The van der Waals surface area contributed by atoms with Crippen LogP contribution in [0.1, 0.15) is 11.1 Å². The van der Waals surface area contributed by atoms with Crippen LogP contribution in [0.15, 0.2) is 77.8 Å². The average Bonchev–Trinajstić information content (AvgIpc) is 2.66. The molecule has 0 saturated carbocycles. The maximum atomic E-state index is 11.5. The molecule has 3 aromatic carbocycles. The van der Waals surface area contributed by atoms with E-state index in [1.807, 2.05) is 12.1 Å². The molecule has 1 heterocycles. The summed E-state index contributed by atoms with van der Waals surface area (Å²) in [6.45, 7) is 0. The second-order valence-electron chi connectivity index (χ2n) is 5.68. The Hall–Kier alpha value is -3.80. The fourth-order valence-electron chi connectivity index (χ4n) is 2.85. The molecule has 0 bridgehead atoms. The number of fused-ring (bicyclic) bond motifs is 2. The van der Waals surface area contributed by atoms with Gasteiger partial charge in [0.15, 0.2) is 5.75 Å². The van der Waals surface area contributed by atoms with E-state index in [0.717, 1.165) is 0 Å². The van der Waals surface area contributed by atoms with Crippen LogP contribution in [0.25, 0.3) is 0 Å². The molecule has 0 saturated heterocycles. The Morgan fingerprint density at radius 3 is 2.23 bits per heavy atom. The highest BCUT2D eigenvalue weighted by Gasteiger charge is 2.25. The van der Waals surface area contributed by atoms with Gasteiger partial charge >= 0.3 is 0 Å². The van der Waals surface area contributed by atoms with Crippen LogP contribution in [0.4, 0.5) is 11.4 Å². The van der Waals surface area contributed by atoms with Crippen LogP contribution in [0.5, 0.6) is 11.5 Å². The summed E-state index contributed by atoms with van der Waals surface area (Å²) in [5.41, 5.74) is 1.56. The van der Waals surface area contributed by atoms with Crippen molar-refractivity contribution in [2.75, 3.05) is 0 Å². The van der Waals surface area contributed by atoms with E-state index in [1.54, 1.807) is 54.6 Å². The van der Waals surface area contributed by atoms with E-state index in [1.165, 1.54) is 6.07 Å². The average molecular weight is 343 g/mol. The Morgan fingerprint density at radius 2 is 1.46 bits per heavy atom. The lowest BCUT2D eigenvalue weighted by Gasteiger charge is -2.18. The van der Waals surface area contributed by atoms with Gasteiger partial charge in [-0.25, -0.2) is 4.99 Å². The van der Waals surface area contributed by atoms with Gasteiger partial charge in [0, 0.05) is 11.6 Å². The van der Waals surface area contributed by atoms with Gasteiger partial charge in [0.1, 0.15) is 17.1 Å². The normalized spacial score (nSPS) is 12.8. The predicted molar refractivity (Wildman–Crippen MR) is 99.1 cm³/mol. The van der Waals surface area contributed by atoms with Gasteiger partial charge in [0.2, 0.25) is 0 Å². The number of nitro benzene ring substituents is 1. The molecule has 0 amide bonds. The lowest BCUT2D eigenvalue weighted by atomic mass is 9.97. The SMILES string of the molecule is N=C1C(c2ccccc2[N+](=O)[O-])=Nc2ccccc2Oc2ccccc21. The van der Waals surface area contributed by atoms with E-state index in [-0.39, 0.29) is 17.1 Å². The standard InChI is InChI=1S/C20H13N3O3/c21-19-14-8-2-5-11-17(14)26-18-12-6-3-9-15(18)22-20(19)13-7-1-4-10-16(13)23(24)25/h1-12,21H. The fourth-order valence-corrected chi connectivity index (χ4v) is 2.85. The molecule has 0 spiro atoms. The molecule has 1 N–H and O–H groups in total. The molecule has 6 heteroatoms. The maximum absolute atomic E-state index is 11.5. The minimum Gasteiger partial charge on any atom is -0.454 e. The van der Waals surface area contributed by atoms with E-state index in [2.05, 4.69) is 4.99 Å². The molecule has 0 radical (unpaired) electrons. The lowest BCUT2D eigenvalue weighted by molar-refractivity contribution is -0.385. The maximum Gasteiger partial charge on any atom is 0.278 e. The molecule has 4 rings (SSSR count). The third-order valence-corrected chi connectivity index (χ3v) is 4.07. The lowest BCUT2D eigenvalue weighted by Crippen LogP contribution is -2.19. The van der Waals surface area contributed by atoms with Crippen LogP contribution >= 0.6 is 0 Å². The molecule has 3 aromatic rings. The first-order valence-electron chi connectivity index (χ1n) is 7.93. The number of benzene rings is 3. The van der Waals surface area contributed by atoms with Crippen molar-refractivity contribution in [3.8, 4) is 11.5 Å². The van der Waals surface area contributed by atoms with Crippen LogP contribution < -0.4 is 4.74 Å². The Morgan fingerprint density at radius 1 is 0.846 bits per heavy atom. The first kappa shape index (κ1) is 15.7. The Bertz CT molecular complexity index is 1070. The first-order valence-corrected chi connectivity index (χ1v) is 7.93. The van der Waals surface area contributed by atoms with Gasteiger partial charge in [-0.05, 0) is 30.3 Å². The van der Waals surface area contributed by atoms with Gasteiger partial charge in [0.05, 0.1) is 16.2 Å². The number of hydrogen-bond acceptors (Lipinski definition) is 5. The van der Waals surface area contributed by atoms with Crippen molar-refractivity contribution in [2.45, 2.75) is 0 Å². The first-order chi connectivity index (χ1) is 12.6. The summed E-state index contributed by atoms with van der Waals surface area (Å²) in [7, 11) is 0. The van der Waals surface area contributed by atoms with Crippen LogP contribution in [0.3, 0.4) is 0 Å². The fraction of sp³-hybridized carbons (Fsp3) is 0. The van der Waals surface area contributed by atoms with E-state index in [4.69, 9.17) is 10.1 Å². The van der Waals surface area contributed by atoms with Gasteiger partial charge in [-0.15, -0.1) is 0 Å². The van der Waals surface area contributed by atoms with E-state index in [9.17, 15) is 10.1 Å². The van der Waals surface area contributed by atoms with E-state index >= 15 is 0 Å². The Balaban J connectivity index is 2.02. The highest BCUT2D eigenvalue weighted by molar-refractivity contribution is 6.54. The van der Waals surface area contributed by atoms with Crippen molar-refractivity contribution >= 4 is 22.8 Å². The van der Waals surface area contributed by atoms with Crippen LogP contribution in [0, 0.1) is 15.5 Å². The second kappa shape index (κ2) is 6.25. The summed E-state index contributed by atoms with van der Waals surface area (Å²) in [4.78, 5) is 15.6. The molecule has 0 atom stereocenters. The van der Waals surface area contributed by atoms with Gasteiger partial charge in [-0.1, -0.05) is 36.4 Å². The van der Waals surface area contributed by atoms with Gasteiger partial charge in [-0.2, -0.15) is 0 Å². The quantitative estimate of drug-likeness (QED) is 0.531. The molecular formula is C20H13N3O3. The highest BCUT2D eigenvalue weighted by Crippen LogP contribution is 2.37. The molecule has 1 aliphatic heterocycles.